The van der Waals surface area contributed by atoms with E-state index in [0.29, 0.717) is 23.7 Å². The predicted molar refractivity (Wildman–Crippen MR) is 85.6 cm³/mol. The Hall–Kier alpha value is -2.28. The molecule has 0 radical (unpaired) electrons. The fraction of sp³-hybridized carbons (Fsp3) is 0.400. The Morgan fingerprint density at radius 3 is 2.78 bits per heavy atom. The lowest BCUT2D eigenvalue weighted by molar-refractivity contribution is -0.136. The Bertz CT molecular complexity index is 622. The zero-order chi connectivity index (χ0) is 17.0. The van der Waals surface area contributed by atoms with Gasteiger partial charge in [0.1, 0.15) is 6.04 Å². The third-order valence-corrected chi connectivity index (χ3v) is 4.04. The van der Waals surface area contributed by atoms with Crippen molar-refractivity contribution in [1.29, 1.82) is 0 Å². The van der Waals surface area contributed by atoms with Gasteiger partial charge in [-0.1, -0.05) is 23.7 Å². The van der Waals surface area contributed by atoms with Gasteiger partial charge in [-0.25, -0.2) is 4.79 Å². The van der Waals surface area contributed by atoms with Gasteiger partial charge in [0.15, 0.2) is 0 Å². The zero-order valence-electron chi connectivity index (χ0n) is 12.7. The molecule has 7 nitrogen and oxygen atoms in total. The van der Waals surface area contributed by atoms with Gasteiger partial charge < -0.3 is 20.2 Å². The van der Waals surface area contributed by atoms with E-state index in [0.717, 1.165) is 0 Å². The number of carbonyl (C=O) groups excluding carboxylic acids is 2. The molecule has 23 heavy (non-hydrogen) atoms. The maximum atomic E-state index is 12.5. The number of carboxylic acids is 1. The van der Waals surface area contributed by atoms with Crippen molar-refractivity contribution in [2.75, 3.05) is 25.0 Å². The van der Waals surface area contributed by atoms with Crippen LogP contribution in [0.25, 0.3) is 0 Å². The highest BCUT2D eigenvalue weighted by Crippen LogP contribution is 2.30. The van der Waals surface area contributed by atoms with Crippen LogP contribution in [-0.4, -0.2) is 54.1 Å². The summed E-state index contributed by atoms with van der Waals surface area (Å²) in [5, 5.41) is 11.5. The number of hydrogen-bond acceptors (Lipinski definition) is 3. The van der Waals surface area contributed by atoms with Crippen LogP contribution in [0.1, 0.15) is 12.8 Å². The van der Waals surface area contributed by atoms with Crippen LogP contribution in [0.4, 0.5) is 10.5 Å². The van der Waals surface area contributed by atoms with Gasteiger partial charge in [-0.3, -0.25) is 9.59 Å². The van der Waals surface area contributed by atoms with E-state index >= 15 is 0 Å². The minimum atomic E-state index is -0.991. The van der Waals surface area contributed by atoms with Crippen LogP contribution in [-0.2, 0) is 9.59 Å². The largest absolute Gasteiger partial charge is 0.481 e. The molecule has 1 atom stereocenters. The number of nitrogens with zero attached hydrogens (tertiary/aromatic N) is 2. The van der Waals surface area contributed by atoms with Crippen molar-refractivity contribution in [3.05, 3.63) is 29.3 Å². The van der Waals surface area contributed by atoms with Gasteiger partial charge in [0, 0.05) is 20.1 Å². The molecule has 3 amide bonds. The van der Waals surface area contributed by atoms with Crippen molar-refractivity contribution < 1.29 is 19.5 Å². The summed E-state index contributed by atoms with van der Waals surface area (Å²) in [6, 6.07) is 5.99. The smallest absolute Gasteiger partial charge is 0.317 e. The summed E-state index contributed by atoms with van der Waals surface area (Å²) in [5.41, 5.74) is 0.626. The molecule has 1 saturated heterocycles. The van der Waals surface area contributed by atoms with E-state index in [4.69, 9.17) is 16.7 Å². The normalized spacial score (nSPS) is 17.2. The molecule has 2 rings (SSSR count). The van der Waals surface area contributed by atoms with Gasteiger partial charge >= 0.3 is 12.0 Å². The van der Waals surface area contributed by atoms with Crippen molar-refractivity contribution in [3.8, 4) is 0 Å². The summed E-state index contributed by atoms with van der Waals surface area (Å²) in [7, 11) is 1.52. The first kappa shape index (κ1) is 17.1. The lowest BCUT2D eigenvalue weighted by atomic mass is 10.2. The molecule has 2 N–H and O–H groups in total. The van der Waals surface area contributed by atoms with Crippen LogP contribution in [0.15, 0.2) is 24.3 Å². The molecule has 0 saturated carbocycles. The molecule has 124 valence electrons. The molecule has 0 spiro atoms. The highest BCUT2D eigenvalue weighted by molar-refractivity contribution is 6.34. The van der Waals surface area contributed by atoms with Crippen LogP contribution in [0, 0.1) is 0 Å². The number of aliphatic carboxylic acids is 1. The van der Waals surface area contributed by atoms with Gasteiger partial charge in [-0.2, -0.15) is 0 Å². The molecule has 8 heteroatoms. The minimum Gasteiger partial charge on any atom is -0.481 e. The van der Waals surface area contributed by atoms with Gasteiger partial charge in [0.05, 0.1) is 17.1 Å². The Morgan fingerprint density at radius 1 is 1.43 bits per heavy atom. The van der Waals surface area contributed by atoms with E-state index in [2.05, 4.69) is 5.32 Å². The van der Waals surface area contributed by atoms with Crippen molar-refractivity contribution in [2.45, 2.75) is 18.9 Å². The number of nitrogens with one attached hydrogen (secondary N) is 1. The molecule has 1 aromatic carbocycles. The number of anilines is 1. The minimum absolute atomic E-state index is 0.0215. The van der Waals surface area contributed by atoms with E-state index in [1.54, 1.807) is 29.2 Å². The third-order valence-electron chi connectivity index (χ3n) is 3.72. The molecule has 1 unspecified atom stereocenters. The summed E-state index contributed by atoms with van der Waals surface area (Å²) in [5.74, 6) is -1.19. The van der Waals surface area contributed by atoms with Crippen LogP contribution in [0.5, 0.6) is 0 Å². The summed E-state index contributed by atoms with van der Waals surface area (Å²) < 4.78 is 0. The molecular weight excluding hydrogens is 322 g/mol. The first-order chi connectivity index (χ1) is 10.9. The Balaban J connectivity index is 1.99. The van der Waals surface area contributed by atoms with Gasteiger partial charge in [-0.05, 0) is 18.6 Å². The highest BCUT2D eigenvalue weighted by atomic mass is 35.5. The maximum Gasteiger partial charge on any atom is 0.317 e. The number of hydrogen-bond donors (Lipinski definition) is 2. The third kappa shape index (κ3) is 3.92. The summed E-state index contributed by atoms with van der Waals surface area (Å²) >= 11 is 6.12. The average Bonchev–Trinajstić information content (AvgIpc) is 2.88. The molecule has 0 aromatic heterocycles. The summed E-state index contributed by atoms with van der Waals surface area (Å²) in [6.07, 6.45) is 0.330. The van der Waals surface area contributed by atoms with Crippen LogP contribution >= 0.6 is 11.6 Å². The van der Waals surface area contributed by atoms with Crippen molar-refractivity contribution >= 4 is 35.2 Å². The lowest BCUT2D eigenvalue weighted by Gasteiger charge is -2.24. The number of benzene rings is 1. The van der Waals surface area contributed by atoms with Crippen molar-refractivity contribution in [1.82, 2.24) is 10.2 Å². The zero-order valence-corrected chi connectivity index (χ0v) is 13.4. The van der Waals surface area contributed by atoms with E-state index in [1.165, 1.54) is 11.9 Å². The van der Waals surface area contributed by atoms with Crippen molar-refractivity contribution in [2.24, 2.45) is 0 Å². The lowest BCUT2D eigenvalue weighted by Crippen LogP contribution is -2.47. The molecule has 1 aromatic rings. The molecule has 0 aliphatic carbocycles. The number of halogens is 1. The van der Waals surface area contributed by atoms with Crippen LogP contribution in [0.2, 0.25) is 5.02 Å². The van der Waals surface area contributed by atoms with E-state index in [1.807, 2.05) is 0 Å². The molecule has 0 bridgehead atoms. The van der Waals surface area contributed by atoms with Gasteiger partial charge in [-0.15, -0.1) is 0 Å². The highest BCUT2D eigenvalue weighted by Gasteiger charge is 2.37. The van der Waals surface area contributed by atoms with Crippen molar-refractivity contribution in [3.63, 3.8) is 0 Å². The average molecular weight is 340 g/mol. The molecule has 1 fully saturated rings. The number of rotatable bonds is 5. The van der Waals surface area contributed by atoms with E-state index in [9.17, 15) is 14.4 Å². The Morgan fingerprint density at radius 2 is 2.13 bits per heavy atom. The molecule has 1 aliphatic rings. The second-order valence-electron chi connectivity index (χ2n) is 5.23. The first-order valence-electron chi connectivity index (χ1n) is 7.20. The second kappa shape index (κ2) is 7.32. The van der Waals surface area contributed by atoms with E-state index < -0.39 is 18.0 Å². The monoisotopic (exact) mass is 339 g/mol. The topological polar surface area (TPSA) is 89.9 Å². The number of likely N-dealkylation sites (N-methyl/N-ethyl adjacent to an activating group) is 1. The number of carboxylic acid groups (broad SMARTS) is 1. The quantitative estimate of drug-likeness (QED) is 0.852. The fourth-order valence-electron chi connectivity index (χ4n) is 2.48. The van der Waals surface area contributed by atoms with Crippen LogP contribution < -0.4 is 10.2 Å². The fourth-order valence-corrected chi connectivity index (χ4v) is 2.71. The van der Waals surface area contributed by atoms with Crippen LogP contribution in [0.3, 0.4) is 0 Å². The maximum absolute atomic E-state index is 12.5. The SMILES string of the molecule is CN(C(=O)NCCC(=O)O)C1CCN(c2ccccc2Cl)C1=O. The number of carbonyl (C=O) groups is 3. The molecule has 1 aliphatic heterocycles. The Labute approximate surface area is 138 Å². The van der Waals surface area contributed by atoms with Gasteiger partial charge in [0.2, 0.25) is 5.91 Å². The first-order valence-corrected chi connectivity index (χ1v) is 7.58. The standard InChI is InChI=1S/C15H18ClN3O4/c1-18(15(23)17-8-6-13(20)21)12-7-9-19(14(12)22)11-5-3-2-4-10(11)16/h2-5,12H,6-9H2,1H3,(H,17,23)(H,20,21). The number of urea groups is 1. The second-order valence-corrected chi connectivity index (χ2v) is 5.64. The number of amides is 3. The predicted octanol–water partition coefficient (Wildman–Crippen LogP) is 1.56. The number of para-hydroxylation sites is 1. The summed E-state index contributed by atoms with van der Waals surface area (Å²) in [6.45, 7) is 0.494. The Kier molecular flexibility index (Phi) is 5.44. The van der Waals surface area contributed by atoms with Gasteiger partial charge in [0.25, 0.3) is 0 Å². The molecular formula is C15H18ClN3O4. The molecule has 1 heterocycles. The van der Waals surface area contributed by atoms with E-state index in [-0.39, 0.29) is 18.9 Å². The summed E-state index contributed by atoms with van der Waals surface area (Å²) in [4.78, 5) is 37.9.